The molecule has 0 aliphatic carbocycles. The standard InChI is InChI=1S/C21H27N3O4/c1-5-15-8-6-7-9-17(15)24-11-16(10-19(24)26)20(27)28-12-18(25)23-21(4,13-22)14(2)3/h6-9,14,16H,5,10-12H2,1-4H3,(H,23,25)/t16-,21-/m1/s1. The van der Waals surface area contributed by atoms with Gasteiger partial charge in [0, 0.05) is 18.7 Å². The summed E-state index contributed by atoms with van der Waals surface area (Å²) >= 11 is 0. The molecular weight excluding hydrogens is 358 g/mol. The molecule has 1 saturated heterocycles. The zero-order valence-corrected chi connectivity index (χ0v) is 16.8. The Morgan fingerprint density at radius 1 is 1.39 bits per heavy atom. The van der Waals surface area contributed by atoms with E-state index >= 15 is 0 Å². The first kappa shape index (κ1) is 21.4. The van der Waals surface area contributed by atoms with Crippen molar-refractivity contribution in [3.05, 3.63) is 29.8 Å². The van der Waals surface area contributed by atoms with Gasteiger partial charge in [0.05, 0.1) is 12.0 Å². The molecule has 7 nitrogen and oxygen atoms in total. The minimum atomic E-state index is -1.03. The third kappa shape index (κ3) is 4.69. The molecule has 0 bridgehead atoms. The number of aryl methyl sites for hydroxylation is 1. The fourth-order valence-electron chi connectivity index (χ4n) is 3.05. The van der Waals surface area contributed by atoms with E-state index in [4.69, 9.17) is 4.74 Å². The van der Waals surface area contributed by atoms with Crippen LogP contribution >= 0.6 is 0 Å². The highest BCUT2D eigenvalue weighted by atomic mass is 16.5. The molecule has 2 atom stereocenters. The van der Waals surface area contributed by atoms with Crippen molar-refractivity contribution in [2.45, 2.75) is 46.1 Å². The number of nitrogens with one attached hydrogen (secondary N) is 1. The normalized spacial score (nSPS) is 18.5. The summed E-state index contributed by atoms with van der Waals surface area (Å²) in [5, 5.41) is 11.8. The van der Waals surface area contributed by atoms with Gasteiger partial charge in [-0.15, -0.1) is 0 Å². The molecule has 1 aliphatic rings. The fraction of sp³-hybridized carbons (Fsp3) is 0.524. The highest BCUT2D eigenvalue weighted by molar-refractivity contribution is 6.00. The maximum absolute atomic E-state index is 12.4. The van der Waals surface area contributed by atoms with E-state index in [-0.39, 0.29) is 24.8 Å². The molecule has 0 aromatic heterocycles. The Labute approximate surface area is 165 Å². The van der Waals surface area contributed by atoms with Gasteiger partial charge in [0.2, 0.25) is 5.91 Å². The number of benzene rings is 1. The zero-order chi connectivity index (χ0) is 20.9. The third-order valence-corrected chi connectivity index (χ3v) is 5.25. The van der Waals surface area contributed by atoms with Crippen LogP contribution < -0.4 is 10.2 Å². The molecule has 0 radical (unpaired) electrons. The van der Waals surface area contributed by atoms with Crippen molar-refractivity contribution in [1.82, 2.24) is 5.32 Å². The number of para-hydroxylation sites is 1. The van der Waals surface area contributed by atoms with Gasteiger partial charge >= 0.3 is 5.97 Å². The first-order valence-electron chi connectivity index (χ1n) is 9.49. The number of hydrogen-bond donors (Lipinski definition) is 1. The van der Waals surface area contributed by atoms with Crippen molar-refractivity contribution >= 4 is 23.5 Å². The fourth-order valence-corrected chi connectivity index (χ4v) is 3.05. The lowest BCUT2D eigenvalue weighted by atomic mass is 9.90. The highest BCUT2D eigenvalue weighted by Crippen LogP contribution is 2.29. The Bertz CT molecular complexity index is 799. The summed E-state index contributed by atoms with van der Waals surface area (Å²) in [4.78, 5) is 38.4. The summed E-state index contributed by atoms with van der Waals surface area (Å²) < 4.78 is 5.11. The smallest absolute Gasteiger partial charge is 0.311 e. The van der Waals surface area contributed by atoms with E-state index in [1.165, 1.54) is 0 Å². The van der Waals surface area contributed by atoms with Gasteiger partial charge in [-0.3, -0.25) is 14.4 Å². The number of anilines is 1. The second-order valence-corrected chi connectivity index (χ2v) is 7.51. The summed E-state index contributed by atoms with van der Waals surface area (Å²) in [6.45, 7) is 7.04. The molecule has 28 heavy (non-hydrogen) atoms. The van der Waals surface area contributed by atoms with E-state index in [1.54, 1.807) is 11.8 Å². The van der Waals surface area contributed by atoms with Crippen LogP contribution in [0.25, 0.3) is 0 Å². The summed E-state index contributed by atoms with van der Waals surface area (Å²) in [5.74, 6) is -1.97. The summed E-state index contributed by atoms with van der Waals surface area (Å²) in [7, 11) is 0. The lowest BCUT2D eigenvalue weighted by Crippen LogP contribution is -2.50. The van der Waals surface area contributed by atoms with Crippen LogP contribution in [0.4, 0.5) is 5.69 Å². The van der Waals surface area contributed by atoms with Gasteiger partial charge in [0.1, 0.15) is 5.54 Å². The second-order valence-electron chi connectivity index (χ2n) is 7.51. The molecule has 1 aromatic carbocycles. The Balaban J connectivity index is 1.95. The van der Waals surface area contributed by atoms with Gasteiger partial charge < -0.3 is 15.0 Å². The molecule has 7 heteroatoms. The van der Waals surface area contributed by atoms with Crippen LogP contribution in [0.3, 0.4) is 0 Å². The number of nitriles is 1. The number of esters is 1. The largest absolute Gasteiger partial charge is 0.455 e. The number of amides is 2. The molecule has 1 aliphatic heterocycles. The van der Waals surface area contributed by atoms with Crippen molar-refractivity contribution in [3.8, 4) is 6.07 Å². The number of ether oxygens (including phenoxy) is 1. The Morgan fingerprint density at radius 2 is 2.07 bits per heavy atom. The maximum atomic E-state index is 12.4. The molecule has 1 heterocycles. The number of hydrogen-bond acceptors (Lipinski definition) is 5. The van der Waals surface area contributed by atoms with Crippen LogP contribution in [0.2, 0.25) is 0 Å². The number of nitrogens with zero attached hydrogens (tertiary/aromatic N) is 2. The monoisotopic (exact) mass is 385 g/mol. The van der Waals surface area contributed by atoms with Crippen molar-refractivity contribution in [3.63, 3.8) is 0 Å². The van der Waals surface area contributed by atoms with Gasteiger partial charge in [0.15, 0.2) is 6.61 Å². The van der Waals surface area contributed by atoms with Crippen molar-refractivity contribution in [2.24, 2.45) is 11.8 Å². The Kier molecular flexibility index (Phi) is 6.79. The van der Waals surface area contributed by atoms with Crippen LogP contribution in [-0.2, 0) is 25.5 Å². The predicted molar refractivity (Wildman–Crippen MR) is 104 cm³/mol. The quantitative estimate of drug-likeness (QED) is 0.726. The summed E-state index contributed by atoms with van der Waals surface area (Å²) in [6.07, 6.45) is 0.836. The molecule has 1 aromatic rings. The first-order chi connectivity index (χ1) is 13.2. The van der Waals surface area contributed by atoms with Crippen molar-refractivity contribution in [2.75, 3.05) is 18.1 Å². The third-order valence-electron chi connectivity index (χ3n) is 5.25. The van der Waals surface area contributed by atoms with E-state index in [0.717, 1.165) is 17.7 Å². The van der Waals surface area contributed by atoms with E-state index < -0.39 is 29.9 Å². The van der Waals surface area contributed by atoms with Gasteiger partial charge in [0.25, 0.3) is 5.91 Å². The minimum absolute atomic E-state index is 0.0560. The summed E-state index contributed by atoms with van der Waals surface area (Å²) in [6, 6.07) is 9.67. The van der Waals surface area contributed by atoms with Crippen LogP contribution in [-0.4, -0.2) is 36.5 Å². The van der Waals surface area contributed by atoms with Crippen LogP contribution in [0.15, 0.2) is 24.3 Å². The van der Waals surface area contributed by atoms with E-state index in [1.807, 2.05) is 45.0 Å². The maximum Gasteiger partial charge on any atom is 0.311 e. The highest BCUT2D eigenvalue weighted by Gasteiger charge is 2.37. The lowest BCUT2D eigenvalue weighted by molar-refractivity contribution is -0.152. The number of carbonyl (C=O) groups excluding carboxylic acids is 3. The van der Waals surface area contributed by atoms with E-state index in [2.05, 4.69) is 11.4 Å². The summed E-state index contributed by atoms with van der Waals surface area (Å²) in [5.41, 5.74) is 0.812. The zero-order valence-electron chi connectivity index (χ0n) is 16.8. The van der Waals surface area contributed by atoms with Gasteiger partial charge in [-0.25, -0.2) is 0 Å². The SMILES string of the molecule is CCc1ccccc1N1C[C@H](C(=O)OCC(=O)N[C@](C)(C#N)C(C)C)CC1=O. The molecule has 0 saturated carbocycles. The second kappa shape index (κ2) is 8.87. The lowest BCUT2D eigenvalue weighted by Gasteiger charge is -2.27. The topological polar surface area (TPSA) is 99.5 Å². The first-order valence-corrected chi connectivity index (χ1v) is 9.49. The molecule has 2 amide bonds. The average molecular weight is 385 g/mol. The van der Waals surface area contributed by atoms with Crippen LogP contribution in [0.1, 0.15) is 39.7 Å². The van der Waals surface area contributed by atoms with Gasteiger partial charge in [-0.2, -0.15) is 5.26 Å². The van der Waals surface area contributed by atoms with E-state index in [9.17, 15) is 19.6 Å². The Hall–Kier alpha value is -2.88. The van der Waals surface area contributed by atoms with Crippen LogP contribution in [0.5, 0.6) is 0 Å². The molecule has 0 spiro atoms. The molecular formula is C21H27N3O4. The molecule has 1 N–H and O–H groups in total. The van der Waals surface area contributed by atoms with Gasteiger partial charge in [-0.05, 0) is 30.9 Å². The predicted octanol–water partition coefficient (Wildman–Crippen LogP) is 2.20. The molecule has 2 rings (SSSR count). The van der Waals surface area contributed by atoms with Gasteiger partial charge in [-0.1, -0.05) is 39.0 Å². The number of carbonyl (C=O) groups is 3. The Morgan fingerprint density at radius 3 is 2.68 bits per heavy atom. The van der Waals surface area contributed by atoms with Crippen LogP contribution in [0, 0.1) is 23.2 Å². The van der Waals surface area contributed by atoms with E-state index in [0.29, 0.717) is 0 Å². The van der Waals surface area contributed by atoms with Crippen molar-refractivity contribution in [1.29, 1.82) is 5.26 Å². The molecule has 1 fully saturated rings. The average Bonchev–Trinajstić information content (AvgIpc) is 3.07. The number of rotatable bonds is 7. The molecule has 150 valence electrons. The van der Waals surface area contributed by atoms with Crippen molar-refractivity contribution < 1.29 is 19.1 Å². The minimum Gasteiger partial charge on any atom is -0.455 e. The molecule has 0 unspecified atom stereocenters.